The molecule has 0 saturated heterocycles. The largest absolute Gasteiger partial charge is 0.294 e. The fraction of sp³-hybridized carbons (Fsp3) is 0.308. The van der Waals surface area contributed by atoms with Gasteiger partial charge in [0.25, 0.3) is 5.56 Å². The van der Waals surface area contributed by atoms with Crippen molar-refractivity contribution in [1.82, 2.24) is 19.5 Å². The highest BCUT2D eigenvalue weighted by Gasteiger charge is 2.11. The zero-order valence-electron chi connectivity index (χ0n) is 18.7. The number of aromatic amines is 1. The number of rotatable bonds is 7. The molecule has 0 unspecified atom stereocenters. The Balaban J connectivity index is 1.55. The van der Waals surface area contributed by atoms with Gasteiger partial charge in [0.2, 0.25) is 0 Å². The van der Waals surface area contributed by atoms with Gasteiger partial charge in [-0.1, -0.05) is 74.9 Å². The standard InChI is InChI=1S/C26H30N4O/c1-5-29(16-20-8-12-21(13-9-20)18(2)3)17-23-14-26(31)30-25(27-23)15-24(28-30)22-10-6-19(4)7-11-22/h6-15,18,28H,5,16-17H2,1-4H3. The fourth-order valence-corrected chi connectivity index (χ4v) is 3.78. The summed E-state index contributed by atoms with van der Waals surface area (Å²) in [5, 5.41) is 3.18. The summed E-state index contributed by atoms with van der Waals surface area (Å²) in [4.78, 5) is 19.8. The minimum atomic E-state index is -0.0873. The highest BCUT2D eigenvalue weighted by molar-refractivity contribution is 5.64. The lowest BCUT2D eigenvalue weighted by molar-refractivity contribution is 0.268. The number of hydrogen-bond acceptors (Lipinski definition) is 3. The normalized spacial score (nSPS) is 11.7. The second-order valence-corrected chi connectivity index (χ2v) is 8.51. The first-order valence-electron chi connectivity index (χ1n) is 10.9. The van der Waals surface area contributed by atoms with Crippen LogP contribution in [0.5, 0.6) is 0 Å². The van der Waals surface area contributed by atoms with E-state index in [1.807, 2.05) is 6.07 Å². The van der Waals surface area contributed by atoms with Crippen LogP contribution in [-0.4, -0.2) is 26.0 Å². The summed E-state index contributed by atoms with van der Waals surface area (Å²) in [5.74, 6) is 0.534. The van der Waals surface area contributed by atoms with Crippen molar-refractivity contribution < 1.29 is 0 Å². The third kappa shape index (κ3) is 4.78. The average molecular weight is 415 g/mol. The molecule has 2 heterocycles. The maximum absolute atomic E-state index is 12.7. The molecular weight excluding hydrogens is 384 g/mol. The van der Waals surface area contributed by atoms with Gasteiger partial charge in [-0.25, -0.2) is 9.50 Å². The molecule has 0 aliphatic rings. The van der Waals surface area contributed by atoms with Crippen LogP contribution >= 0.6 is 0 Å². The number of benzene rings is 2. The van der Waals surface area contributed by atoms with Gasteiger partial charge in [-0.15, -0.1) is 0 Å². The number of H-pyrrole nitrogens is 1. The van der Waals surface area contributed by atoms with Crippen LogP contribution < -0.4 is 5.56 Å². The third-order valence-corrected chi connectivity index (χ3v) is 5.75. The first-order valence-corrected chi connectivity index (χ1v) is 10.9. The van der Waals surface area contributed by atoms with Crippen molar-refractivity contribution in [3.8, 4) is 11.3 Å². The molecule has 4 aromatic rings. The van der Waals surface area contributed by atoms with Gasteiger partial charge in [0.05, 0.1) is 11.4 Å². The van der Waals surface area contributed by atoms with Crippen molar-refractivity contribution in [3.05, 3.63) is 93.4 Å². The molecule has 0 aliphatic heterocycles. The number of aryl methyl sites for hydroxylation is 1. The Bertz CT molecular complexity index is 1220. The summed E-state index contributed by atoms with van der Waals surface area (Å²) in [5.41, 5.74) is 7.11. The lowest BCUT2D eigenvalue weighted by Crippen LogP contribution is -2.25. The number of hydrogen-bond donors (Lipinski definition) is 1. The van der Waals surface area contributed by atoms with E-state index in [1.165, 1.54) is 21.2 Å². The van der Waals surface area contributed by atoms with Gasteiger partial charge in [0, 0.05) is 25.2 Å². The van der Waals surface area contributed by atoms with E-state index in [0.717, 1.165) is 30.0 Å². The van der Waals surface area contributed by atoms with Crippen LogP contribution in [-0.2, 0) is 13.1 Å². The van der Waals surface area contributed by atoms with Gasteiger partial charge in [-0.3, -0.25) is 14.8 Å². The molecule has 2 aromatic carbocycles. The molecule has 1 N–H and O–H groups in total. The molecule has 5 heteroatoms. The quantitative estimate of drug-likeness (QED) is 0.455. The minimum Gasteiger partial charge on any atom is -0.294 e. The SMILES string of the molecule is CCN(Cc1ccc(C(C)C)cc1)Cc1cc(=O)n2[nH]c(-c3ccc(C)cc3)cc2n1. The molecule has 5 nitrogen and oxygen atoms in total. The summed E-state index contributed by atoms with van der Waals surface area (Å²) < 4.78 is 1.51. The van der Waals surface area contributed by atoms with E-state index in [1.54, 1.807) is 6.07 Å². The Morgan fingerprint density at radius 1 is 1.00 bits per heavy atom. The first kappa shape index (κ1) is 21.1. The highest BCUT2D eigenvalue weighted by Crippen LogP contribution is 2.20. The van der Waals surface area contributed by atoms with Crippen LogP contribution in [0, 0.1) is 6.92 Å². The minimum absolute atomic E-state index is 0.0873. The molecule has 160 valence electrons. The molecule has 0 spiro atoms. The van der Waals surface area contributed by atoms with Gasteiger partial charge in [0.15, 0.2) is 5.65 Å². The smallest absolute Gasteiger partial charge is 0.272 e. The van der Waals surface area contributed by atoms with Crippen molar-refractivity contribution in [2.75, 3.05) is 6.54 Å². The maximum atomic E-state index is 12.7. The Kier molecular flexibility index (Phi) is 6.05. The van der Waals surface area contributed by atoms with Gasteiger partial charge >= 0.3 is 0 Å². The molecule has 0 radical (unpaired) electrons. The van der Waals surface area contributed by atoms with Crippen LogP contribution in [0.2, 0.25) is 0 Å². The predicted octanol–water partition coefficient (Wildman–Crippen LogP) is 5.14. The second-order valence-electron chi connectivity index (χ2n) is 8.51. The molecule has 31 heavy (non-hydrogen) atoms. The first-order chi connectivity index (χ1) is 14.9. The van der Waals surface area contributed by atoms with E-state index < -0.39 is 0 Å². The number of fused-ring (bicyclic) bond motifs is 1. The third-order valence-electron chi connectivity index (χ3n) is 5.75. The molecule has 0 fully saturated rings. The summed E-state index contributed by atoms with van der Waals surface area (Å²) in [7, 11) is 0. The Morgan fingerprint density at radius 3 is 2.35 bits per heavy atom. The number of aromatic nitrogens is 3. The molecule has 0 bridgehead atoms. The van der Waals surface area contributed by atoms with E-state index in [2.05, 4.69) is 86.2 Å². The van der Waals surface area contributed by atoms with E-state index in [4.69, 9.17) is 4.98 Å². The lowest BCUT2D eigenvalue weighted by Gasteiger charge is -2.20. The van der Waals surface area contributed by atoms with Gasteiger partial charge in [-0.2, -0.15) is 0 Å². The Labute approximate surface area is 183 Å². The summed E-state index contributed by atoms with van der Waals surface area (Å²) in [6.45, 7) is 11.0. The number of nitrogens with one attached hydrogen (secondary N) is 1. The van der Waals surface area contributed by atoms with Crippen LogP contribution in [0.3, 0.4) is 0 Å². The summed E-state index contributed by atoms with van der Waals surface area (Å²) in [6, 6.07) is 20.6. The molecule has 0 atom stereocenters. The fourth-order valence-electron chi connectivity index (χ4n) is 3.78. The Morgan fingerprint density at radius 2 is 1.71 bits per heavy atom. The van der Waals surface area contributed by atoms with Crippen LogP contribution in [0.4, 0.5) is 0 Å². The average Bonchev–Trinajstić information content (AvgIpc) is 3.19. The molecule has 2 aromatic heterocycles. The zero-order chi connectivity index (χ0) is 22.0. The Hall–Kier alpha value is -3.18. The monoisotopic (exact) mass is 414 g/mol. The molecule has 0 aliphatic carbocycles. The topological polar surface area (TPSA) is 53.4 Å². The molecule has 0 saturated carbocycles. The van der Waals surface area contributed by atoms with E-state index in [9.17, 15) is 4.79 Å². The van der Waals surface area contributed by atoms with Crippen molar-refractivity contribution in [2.45, 2.75) is 46.7 Å². The summed E-state index contributed by atoms with van der Waals surface area (Å²) in [6.07, 6.45) is 0. The van der Waals surface area contributed by atoms with E-state index >= 15 is 0 Å². The van der Waals surface area contributed by atoms with Gasteiger partial charge in [0.1, 0.15) is 0 Å². The summed E-state index contributed by atoms with van der Waals surface area (Å²) >= 11 is 0. The number of nitrogens with zero attached hydrogens (tertiary/aromatic N) is 3. The zero-order valence-corrected chi connectivity index (χ0v) is 18.7. The van der Waals surface area contributed by atoms with E-state index in [0.29, 0.717) is 18.1 Å². The second kappa shape index (κ2) is 8.90. The maximum Gasteiger partial charge on any atom is 0.272 e. The predicted molar refractivity (Wildman–Crippen MR) is 126 cm³/mol. The van der Waals surface area contributed by atoms with Gasteiger partial charge < -0.3 is 0 Å². The molecule has 4 rings (SSSR count). The molecular formula is C26H30N4O. The van der Waals surface area contributed by atoms with Crippen LogP contribution in [0.15, 0.2) is 65.5 Å². The van der Waals surface area contributed by atoms with E-state index in [-0.39, 0.29) is 5.56 Å². The van der Waals surface area contributed by atoms with Crippen molar-refractivity contribution in [1.29, 1.82) is 0 Å². The van der Waals surface area contributed by atoms with Crippen LogP contribution in [0.1, 0.15) is 49.1 Å². The lowest BCUT2D eigenvalue weighted by atomic mass is 10.0. The van der Waals surface area contributed by atoms with Crippen LogP contribution in [0.25, 0.3) is 16.9 Å². The molecule has 0 amide bonds. The van der Waals surface area contributed by atoms with Gasteiger partial charge in [-0.05, 0) is 36.1 Å². The van der Waals surface area contributed by atoms with Crippen molar-refractivity contribution in [3.63, 3.8) is 0 Å². The highest BCUT2D eigenvalue weighted by atomic mass is 16.1. The van der Waals surface area contributed by atoms with Crippen molar-refractivity contribution >= 4 is 5.65 Å². The van der Waals surface area contributed by atoms with Crippen molar-refractivity contribution in [2.24, 2.45) is 0 Å².